The number of anilines is 1. The van der Waals surface area contributed by atoms with Gasteiger partial charge in [0.1, 0.15) is 0 Å². The molecule has 24 heavy (non-hydrogen) atoms. The molecule has 0 bridgehead atoms. The number of carbonyl (C=O) groups excluding carboxylic acids is 1. The second kappa shape index (κ2) is 6.39. The molecule has 0 saturated carbocycles. The molecule has 1 aromatic carbocycles. The highest BCUT2D eigenvalue weighted by molar-refractivity contribution is 7.22. The summed E-state index contributed by atoms with van der Waals surface area (Å²) in [5.74, 6) is 0.0612. The average molecular weight is 344 g/mol. The maximum absolute atomic E-state index is 12.5. The van der Waals surface area contributed by atoms with E-state index in [4.69, 9.17) is 9.82 Å². The fraction of sp³-hybridized carbons (Fsp3) is 0.471. The van der Waals surface area contributed by atoms with Crippen molar-refractivity contribution >= 4 is 38.3 Å². The second-order valence-electron chi connectivity index (χ2n) is 6.09. The highest BCUT2D eigenvalue weighted by Crippen LogP contribution is 2.29. The van der Waals surface area contributed by atoms with Crippen LogP contribution in [0.1, 0.15) is 19.8 Å². The number of fused-ring (bicyclic) bond motifs is 1. The fourth-order valence-electron chi connectivity index (χ4n) is 3.09. The third-order valence-electron chi connectivity index (χ3n) is 4.56. The Kier molecular flexibility index (Phi) is 4.10. The van der Waals surface area contributed by atoms with Gasteiger partial charge in [-0.2, -0.15) is 0 Å². The van der Waals surface area contributed by atoms with Crippen LogP contribution in [0.4, 0.5) is 5.13 Å². The molecule has 1 fully saturated rings. The average Bonchev–Trinajstić information content (AvgIpc) is 3.28. The number of piperazine rings is 1. The number of oxime groups is 1. The summed E-state index contributed by atoms with van der Waals surface area (Å²) in [4.78, 5) is 26.7. The number of nitrogens with zero attached hydrogens (tertiary/aromatic N) is 4. The second-order valence-corrected chi connectivity index (χ2v) is 7.09. The lowest BCUT2D eigenvalue weighted by Gasteiger charge is -2.35. The molecule has 2 aliphatic heterocycles. The molecule has 6 nitrogen and oxygen atoms in total. The van der Waals surface area contributed by atoms with Gasteiger partial charge in [-0.3, -0.25) is 4.79 Å². The molecule has 0 N–H and O–H groups in total. The summed E-state index contributed by atoms with van der Waals surface area (Å²) in [5, 5.41) is 5.03. The number of amides is 1. The Morgan fingerprint density at radius 1 is 1.29 bits per heavy atom. The molecule has 0 aliphatic carbocycles. The van der Waals surface area contributed by atoms with Gasteiger partial charge < -0.3 is 14.6 Å². The van der Waals surface area contributed by atoms with Crippen molar-refractivity contribution in [2.24, 2.45) is 5.16 Å². The third kappa shape index (κ3) is 2.84. The first kappa shape index (κ1) is 15.4. The van der Waals surface area contributed by atoms with E-state index in [-0.39, 0.29) is 5.91 Å². The monoisotopic (exact) mass is 344 g/mol. The highest BCUT2D eigenvalue weighted by atomic mass is 32.1. The van der Waals surface area contributed by atoms with Gasteiger partial charge in [0.15, 0.2) is 5.13 Å². The molecule has 4 rings (SSSR count). The van der Waals surface area contributed by atoms with Crippen LogP contribution in [-0.2, 0) is 9.63 Å². The molecule has 3 heterocycles. The summed E-state index contributed by atoms with van der Waals surface area (Å²) in [7, 11) is 0. The van der Waals surface area contributed by atoms with E-state index in [0.29, 0.717) is 19.5 Å². The Morgan fingerprint density at radius 3 is 2.79 bits per heavy atom. The normalized spacial score (nSPS) is 21.0. The van der Waals surface area contributed by atoms with Gasteiger partial charge in [0.25, 0.3) is 5.91 Å². The molecule has 2 aliphatic rings. The standard InChI is InChI=1S/C17H20N4O2S/c1-2-12-11-14(23-19-12)16(22)20-7-9-21(10-8-20)17-18-13-5-3-4-6-15(13)24-17/h3-6,14H,2,7-11H2,1H3/t14-/m1/s1. The van der Waals surface area contributed by atoms with Crippen LogP contribution >= 0.6 is 11.3 Å². The lowest BCUT2D eigenvalue weighted by molar-refractivity contribution is -0.142. The first-order chi connectivity index (χ1) is 11.7. The summed E-state index contributed by atoms with van der Waals surface area (Å²) >= 11 is 1.71. The van der Waals surface area contributed by atoms with E-state index in [2.05, 4.69) is 16.1 Å². The molecular weight excluding hydrogens is 324 g/mol. The molecule has 2 aromatic rings. The third-order valence-corrected chi connectivity index (χ3v) is 5.66. The molecule has 0 spiro atoms. The zero-order valence-electron chi connectivity index (χ0n) is 13.6. The first-order valence-corrected chi connectivity index (χ1v) is 9.17. The van der Waals surface area contributed by atoms with Gasteiger partial charge in [-0.05, 0) is 18.6 Å². The quantitative estimate of drug-likeness (QED) is 0.858. The predicted octanol–water partition coefficient (Wildman–Crippen LogP) is 2.50. The lowest BCUT2D eigenvalue weighted by atomic mass is 10.1. The first-order valence-electron chi connectivity index (χ1n) is 8.35. The van der Waals surface area contributed by atoms with Gasteiger partial charge in [0.2, 0.25) is 6.10 Å². The molecule has 1 saturated heterocycles. The number of hydrogen-bond donors (Lipinski definition) is 0. The van der Waals surface area contributed by atoms with E-state index in [1.54, 1.807) is 11.3 Å². The van der Waals surface area contributed by atoms with Crippen LogP contribution in [0.5, 0.6) is 0 Å². The van der Waals surface area contributed by atoms with E-state index in [1.807, 2.05) is 30.0 Å². The van der Waals surface area contributed by atoms with Gasteiger partial charge in [0, 0.05) is 32.6 Å². The number of benzene rings is 1. The van der Waals surface area contributed by atoms with Crippen molar-refractivity contribution < 1.29 is 9.63 Å². The Labute approximate surface area is 144 Å². The molecule has 1 atom stereocenters. The summed E-state index contributed by atoms with van der Waals surface area (Å²) in [5.41, 5.74) is 2.01. The highest BCUT2D eigenvalue weighted by Gasteiger charge is 2.33. The van der Waals surface area contributed by atoms with E-state index >= 15 is 0 Å². The molecular formula is C17H20N4O2S. The summed E-state index contributed by atoms with van der Waals surface area (Å²) < 4.78 is 1.20. The molecule has 0 radical (unpaired) electrons. The summed E-state index contributed by atoms with van der Waals surface area (Å²) in [6.45, 7) is 5.05. The molecule has 1 aromatic heterocycles. The van der Waals surface area contributed by atoms with Crippen LogP contribution in [0.2, 0.25) is 0 Å². The van der Waals surface area contributed by atoms with Crippen molar-refractivity contribution in [3.63, 3.8) is 0 Å². The van der Waals surface area contributed by atoms with Crippen molar-refractivity contribution in [2.75, 3.05) is 31.1 Å². The zero-order chi connectivity index (χ0) is 16.5. The number of hydrogen-bond acceptors (Lipinski definition) is 6. The number of para-hydroxylation sites is 1. The Hall–Kier alpha value is -2.15. The van der Waals surface area contributed by atoms with Gasteiger partial charge in [-0.1, -0.05) is 35.5 Å². The fourth-order valence-corrected chi connectivity index (χ4v) is 4.10. The molecule has 126 valence electrons. The number of carbonyl (C=O) groups is 1. The van der Waals surface area contributed by atoms with Gasteiger partial charge in [-0.15, -0.1) is 0 Å². The predicted molar refractivity (Wildman–Crippen MR) is 95.6 cm³/mol. The number of rotatable bonds is 3. The zero-order valence-corrected chi connectivity index (χ0v) is 14.5. The van der Waals surface area contributed by atoms with Crippen molar-refractivity contribution in [1.29, 1.82) is 0 Å². The Bertz CT molecular complexity index is 747. The van der Waals surface area contributed by atoms with Crippen LogP contribution in [0.15, 0.2) is 29.4 Å². The van der Waals surface area contributed by atoms with Crippen LogP contribution in [0.25, 0.3) is 10.2 Å². The van der Waals surface area contributed by atoms with Gasteiger partial charge in [0.05, 0.1) is 15.9 Å². The van der Waals surface area contributed by atoms with Crippen LogP contribution in [0, 0.1) is 0 Å². The SMILES string of the molecule is CCC1=NO[C@@H](C(=O)N2CCN(c3nc4ccccc4s3)CC2)C1. The van der Waals surface area contributed by atoms with Crippen LogP contribution < -0.4 is 4.90 Å². The van der Waals surface area contributed by atoms with Crippen LogP contribution in [-0.4, -0.2) is 53.8 Å². The molecule has 0 unspecified atom stereocenters. The molecule has 7 heteroatoms. The summed E-state index contributed by atoms with van der Waals surface area (Å²) in [6.07, 6.45) is 1.05. The maximum Gasteiger partial charge on any atom is 0.267 e. The van der Waals surface area contributed by atoms with E-state index in [0.717, 1.165) is 35.9 Å². The largest absolute Gasteiger partial charge is 0.382 e. The van der Waals surface area contributed by atoms with Crippen molar-refractivity contribution in [3.8, 4) is 0 Å². The van der Waals surface area contributed by atoms with Gasteiger partial charge in [-0.25, -0.2) is 4.98 Å². The smallest absolute Gasteiger partial charge is 0.267 e. The topological polar surface area (TPSA) is 58.0 Å². The van der Waals surface area contributed by atoms with Crippen molar-refractivity contribution in [1.82, 2.24) is 9.88 Å². The van der Waals surface area contributed by atoms with Crippen LogP contribution in [0.3, 0.4) is 0 Å². The minimum absolute atomic E-state index is 0.0612. The minimum atomic E-state index is -0.422. The van der Waals surface area contributed by atoms with E-state index in [1.165, 1.54) is 4.70 Å². The number of thiazole rings is 1. The van der Waals surface area contributed by atoms with E-state index in [9.17, 15) is 4.79 Å². The van der Waals surface area contributed by atoms with Crippen molar-refractivity contribution in [3.05, 3.63) is 24.3 Å². The maximum atomic E-state index is 12.5. The van der Waals surface area contributed by atoms with E-state index < -0.39 is 6.10 Å². The summed E-state index contributed by atoms with van der Waals surface area (Å²) in [6, 6.07) is 8.18. The number of aromatic nitrogens is 1. The van der Waals surface area contributed by atoms with Gasteiger partial charge >= 0.3 is 0 Å². The minimum Gasteiger partial charge on any atom is -0.382 e. The Balaban J connectivity index is 1.37. The molecule has 1 amide bonds. The lowest BCUT2D eigenvalue weighted by Crippen LogP contribution is -2.51. The van der Waals surface area contributed by atoms with Crippen molar-refractivity contribution in [2.45, 2.75) is 25.9 Å². The Morgan fingerprint density at radius 2 is 2.08 bits per heavy atom.